The smallest absolute Gasteiger partial charge is 0.0804 e. The second-order valence-electron chi connectivity index (χ2n) is 5.08. The zero-order chi connectivity index (χ0) is 11.8. The van der Waals surface area contributed by atoms with Gasteiger partial charge in [0.05, 0.1) is 12.1 Å². The second kappa shape index (κ2) is 4.31. The lowest BCUT2D eigenvalue weighted by atomic mass is 10.1. The molecule has 0 bridgehead atoms. The lowest BCUT2D eigenvalue weighted by molar-refractivity contribution is 0.0907. The summed E-state index contributed by atoms with van der Waals surface area (Å²) in [6, 6.07) is 6.76. The number of anilines is 1. The molecule has 92 valence electrons. The van der Waals surface area contributed by atoms with Gasteiger partial charge in [0.25, 0.3) is 0 Å². The van der Waals surface area contributed by atoms with Crippen molar-refractivity contribution < 1.29 is 4.74 Å². The predicted molar refractivity (Wildman–Crippen MR) is 69.3 cm³/mol. The summed E-state index contributed by atoms with van der Waals surface area (Å²) in [7, 11) is 1.75. The van der Waals surface area contributed by atoms with E-state index in [9.17, 15) is 0 Å². The third-order valence-electron chi connectivity index (χ3n) is 4.08. The summed E-state index contributed by atoms with van der Waals surface area (Å²) in [5, 5.41) is 0. The molecular formula is C14H20N2O. The molecule has 17 heavy (non-hydrogen) atoms. The number of nitrogens with zero attached hydrogens (tertiary/aromatic N) is 1. The van der Waals surface area contributed by atoms with Crippen LogP contribution in [0.2, 0.25) is 0 Å². The van der Waals surface area contributed by atoms with Crippen LogP contribution in [0.4, 0.5) is 5.69 Å². The highest BCUT2D eigenvalue weighted by molar-refractivity contribution is 5.54. The van der Waals surface area contributed by atoms with Gasteiger partial charge in [0.1, 0.15) is 0 Å². The van der Waals surface area contributed by atoms with Crippen LogP contribution in [-0.4, -0.2) is 26.3 Å². The summed E-state index contributed by atoms with van der Waals surface area (Å²) in [6.07, 6.45) is 3.72. The fraction of sp³-hybridized carbons (Fsp3) is 0.571. The van der Waals surface area contributed by atoms with Gasteiger partial charge in [-0.2, -0.15) is 0 Å². The zero-order valence-corrected chi connectivity index (χ0v) is 10.4. The Morgan fingerprint density at radius 3 is 2.76 bits per heavy atom. The van der Waals surface area contributed by atoms with E-state index in [0.717, 1.165) is 6.42 Å². The molecule has 2 atom stereocenters. The third-order valence-corrected chi connectivity index (χ3v) is 4.08. The Hall–Kier alpha value is -1.06. The molecule has 3 nitrogen and oxygen atoms in total. The van der Waals surface area contributed by atoms with Gasteiger partial charge < -0.3 is 15.4 Å². The molecule has 1 fully saturated rings. The van der Waals surface area contributed by atoms with Crippen molar-refractivity contribution in [2.24, 2.45) is 5.73 Å². The Kier molecular flexibility index (Phi) is 2.81. The molecule has 0 radical (unpaired) electrons. The molecule has 0 spiro atoms. The molecule has 1 aromatic carbocycles. The largest absolute Gasteiger partial charge is 0.379 e. The Morgan fingerprint density at radius 2 is 2.06 bits per heavy atom. The van der Waals surface area contributed by atoms with Crippen LogP contribution in [0, 0.1) is 0 Å². The van der Waals surface area contributed by atoms with Gasteiger partial charge >= 0.3 is 0 Å². The summed E-state index contributed by atoms with van der Waals surface area (Å²) in [5.74, 6) is 0. The minimum Gasteiger partial charge on any atom is -0.379 e. The summed E-state index contributed by atoms with van der Waals surface area (Å²) >= 11 is 0. The molecule has 0 amide bonds. The van der Waals surface area contributed by atoms with Crippen molar-refractivity contribution in [2.45, 2.75) is 31.4 Å². The van der Waals surface area contributed by atoms with Crippen LogP contribution in [-0.2, 0) is 11.2 Å². The molecule has 1 aliphatic carbocycles. The van der Waals surface area contributed by atoms with E-state index < -0.39 is 0 Å². The van der Waals surface area contributed by atoms with Gasteiger partial charge in [-0.1, -0.05) is 6.07 Å². The molecule has 1 aromatic rings. The van der Waals surface area contributed by atoms with Crippen LogP contribution in [0.25, 0.3) is 0 Å². The highest BCUT2D eigenvalue weighted by Gasteiger charge is 2.30. The number of hydrogen-bond acceptors (Lipinski definition) is 3. The lowest BCUT2D eigenvalue weighted by Crippen LogP contribution is -2.24. The van der Waals surface area contributed by atoms with E-state index in [1.54, 1.807) is 7.11 Å². The fourth-order valence-electron chi connectivity index (χ4n) is 3.02. The Balaban J connectivity index is 1.89. The quantitative estimate of drug-likeness (QED) is 0.846. The lowest BCUT2D eigenvalue weighted by Gasteiger charge is -2.19. The van der Waals surface area contributed by atoms with Crippen molar-refractivity contribution in [2.75, 3.05) is 25.1 Å². The fourth-order valence-corrected chi connectivity index (χ4v) is 3.02. The van der Waals surface area contributed by atoms with Crippen molar-refractivity contribution in [1.82, 2.24) is 0 Å². The summed E-state index contributed by atoms with van der Waals surface area (Å²) < 4.78 is 5.43. The first-order valence-corrected chi connectivity index (χ1v) is 6.46. The maximum Gasteiger partial charge on any atom is 0.0804 e. The van der Waals surface area contributed by atoms with Gasteiger partial charge in [-0.25, -0.2) is 0 Å². The molecule has 0 saturated carbocycles. The molecule has 2 aliphatic rings. The molecule has 2 unspecified atom stereocenters. The number of rotatable bonds is 2. The maximum atomic E-state index is 6.23. The Bertz CT molecular complexity index is 413. The first-order chi connectivity index (χ1) is 8.29. The average Bonchev–Trinajstić information content (AvgIpc) is 2.97. The van der Waals surface area contributed by atoms with E-state index in [2.05, 4.69) is 23.1 Å². The van der Waals surface area contributed by atoms with Crippen molar-refractivity contribution >= 4 is 5.69 Å². The second-order valence-corrected chi connectivity index (χ2v) is 5.08. The summed E-state index contributed by atoms with van der Waals surface area (Å²) in [6.45, 7) is 2.36. The first-order valence-electron chi connectivity index (χ1n) is 6.46. The number of hydrogen-bond donors (Lipinski definition) is 1. The van der Waals surface area contributed by atoms with E-state index in [0.29, 0.717) is 0 Å². The Labute approximate surface area is 103 Å². The van der Waals surface area contributed by atoms with Crippen molar-refractivity contribution in [3.63, 3.8) is 0 Å². The van der Waals surface area contributed by atoms with E-state index >= 15 is 0 Å². The minimum absolute atomic E-state index is 0.0394. The molecule has 1 aliphatic heterocycles. The summed E-state index contributed by atoms with van der Waals surface area (Å²) in [4.78, 5) is 2.45. The Morgan fingerprint density at radius 1 is 1.29 bits per heavy atom. The number of benzene rings is 1. The highest BCUT2D eigenvalue weighted by Crippen LogP contribution is 2.34. The molecular weight excluding hydrogens is 212 g/mol. The average molecular weight is 232 g/mol. The standard InChI is InChI=1S/C14H20N2O/c1-17-13-8-10-4-5-11(9-12(10)14(13)15)16-6-2-3-7-16/h4-5,9,13-14H,2-3,6-8,15H2,1H3. The monoisotopic (exact) mass is 232 g/mol. The minimum atomic E-state index is 0.0394. The number of ether oxygens (including phenoxy) is 1. The van der Waals surface area contributed by atoms with Crippen LogP contribution in [0.15, 0.2) is 18.2 Å². The van der Waals surface area contributed by atoms with Crippen LogP contribution in [0.3, 0.4) is 0 Å². The van der Waals surface area contributed by atoms with E-state index in [1.807, 2.05) is 0 Å². The van der Waals surface area contributed by atoms with Gasteiger partial charge in [0.15, 0.2) is 0 Å². The SMILES string of the molecule is COC1Cc2ccc(N3CCCC3)cc2C1N. The molecule has 0 aromatic heterocycles. The number of methoxy groups -OCH3 is 1. The van der Waals surface area contributed by atoms with E-state index in [4.69, 9.17) is 10.5 Å². The molecule has 1 saturated heterocycles. The van der Waals surface area contributed by atoms with Crippen molar-refractivity contribution in [3.8, 4) is 0 Å². The highest BCUT2D eigenvalue weighted by atomic mass is 16.5. The molecule has 3 heteroatoms. The summed E-state index contributed by atoms with van der Waals surface area (Å²) in [5.41, 5.74) is 10.2. The molecule has 3 rings (SSSR count). The number of nitrogens with two attached hydrogens (primary N) is 1. The van der Waals surface area contributed by atoms with E-state index in [-0.39, 0.29) is 12.1 Å². The zero-order valence-electron chi connectivity index (χ0n) is 10.4. The molecule has 1 heterocycles. The topological polar surface area (TPSA) is 38.5 Å². The van der Waals surface area contributed by atoms with Crippen LogP contribution in [0.5, 0.6) is 0 Å². The van der Waals surface area contributed by atoms with Crippen molar-refractivity contribution in [1.29, 1.82) is 0 Å². The van der Waals surface area contributed by atoms with Crippen molar-refractivity contribution in [3.05, 3.63) is 29.3 Å². The normalized spacial score (nSPS) is 27.5. The van der Waals surface area contributed by atoms with Gasteiger partial charge in [-0.15, -0.1) is 0 Å². The van der Waals surface area contributed by atoms with Gasteiger partial charge in [0, 0.05) is 32.3 Å². The predicted octanol–water partition coefficient (Wildman–Crippen LogP) is 1.86. The number of fused-ring (bicyclic) bond motifs is 1. The van der Waals surface area contributed by atoms with Gasteiger partial charge in [-0.05, 0) is 36.1 Å². The third kappa shape index (κ3) is 1.83. The first kappa shape index (κ1) is 11.1. The van der Waals surface area contributed by atoms with Crippen LogP contribution < -0.4 is 10.6 Å². The molecule has 2 N–H and O–H groups in total. The maximum absolute atomic E-state index is 6.23. The van der Waals surface area contributed by atoms with E-state index in [1.165, 1.54) is 42.7 Å². The van der Waals surface area contributed by atoms with Crippen LogP contribution >= 0.6 is 0 Å². The van der Waals surface area contributed by atoms with Gasteiger partial charge in [-0.3, -0.25) is 0 Å². The van der Waals surface area contributed by atoms with Crippen LogP contribution in [0.1, 0.15) is 30.0 Å². The van der Waals surface area contributed by atoms with Gasteiger partial charge in [0.2, 0.25) is 0 Å².